The number of methoxy groups -OCH3 is 5. The first kappa shape index (κ1) is 28.5. The zero-order valence-electron chi connectivity index (χ0n) is 22.2. The van der Waals surface area contributed by atoms with Crippen LogP contribution in [0.2, 0.25) is 0 Å². The second-order valence-electron chi connectivity index (χ2n) is 8.17. The van der Waals surface area contributed by atoms with E-state index in [-0.39, 0.29) is 22.9 Å². The molecule has 0 saturated heterocycles. The Labute approximate surface area is 223 Å². The number of carbonyl (C=O) groups excluding carboxylic acids is 1. The smallest absolute Gasteiger partial charge is 0.264 e. The van der Waals surface area contributed by atoms with Gasteiger partial charge in [-0.15, -0.1) is 0 Å². The summed E-state index contributed by atoms with van der Waals surface area (Å²) in [5, 5.41) is 2.77. The second-order valence-corrected chi connectivity index (χ2v) is 10.0. The zero-order chi connectivity index (χ0) is 27.9. The number of aryl methyl sites for hydroxylation is 1. The minimum absolute atomic E-state index is 0.0328. The fourth-order valence-corrected chi connectivity index (χ4v) is 5.18. The van der Waals surface area contributed by atoms with Crippen LogP contribution < -0.4 is 33.3 Å². The lowest BCUT2D eigenvalue weighted by Gasteiger charge is -2.26. The molecule has 0 saturated carbocycles. The third-order valence-electron chi connectivity index (χ3n) is 5.77. The summed E-state index contributed by atoms with van der Waals surface area (Å²) in [5.74, 6) is 1.41. The Balaban J connectivity index is 1.95. The summed E-state index contributed by atoms with van der Waals surface area (Å²) >= 11 is 0. The molecule has 204 valence electrons. The molecule has 38 heavy (non-hydrogen) atoms. The van der Waals surface area contributed by atoms with Crippen molar-refractivity contribution in [2.24, 2.45) is 0 Å². The summed E-state index contributed by atoms with van der Waals surface area (Å²) in [5.41, 5.74) is 1.73. The van der Waals surface area contributed by atoms with Gasteiger partial charge in [0, 0.05) is 12.6 Å². The van der Waals surface area contributed by atoms with Crippen molar-refractivity contribution < 1.29 is 36.9 Å². The molecule has 10 nitrogen and oxygen atoms in total. The number of rotatable bonds is 12. The van der Waals surface area contributed by atoms with E-state index in [1.807, 2.05) is 6.92 Å². The molecule has 0 unspecified atom stereocenters. The maximum Gasteiger partial charge on any atom is 0.264 e. The molecule has 0 heterocycles. The molecule has 0 aliphatic carbocycles. The van der Waals surface area contributed by atoms with E-state index < -0.39 is 22.5 Å². The van der Waals surface area contributed by atoms with Gasteiger partial charge >= 0.3 is 0 Å². The molecule has 0 aromatic heterocycles. The number of ether oxygens (including phenoxy) is 5. The number of carbonyl (C=O) groups is 1. The Morgan fingerprint density at radius 2 is 1.39 bits per heavy atom. The minimum atomic E-state index is -4.16. The molecular weight excluding hydrogens is 512 g/mol. The Kier molecular flexibility index (Phi) is 9.30. The van der Waals surface area contributed by atoms with E-state index in [4.69, 9.17) is 23.7 Å². The van der Waals surface area contributed by atoms with Crippen LogP contribution in [0.3, 0.4) is 0 Å². The van der Waals surface area contributed by atoms with Crippen molar-refractivity contribution in [3.63, 3.8) is 0 Å². The lowest BCUT2D eigenvalue weighted by Crippen LogP contribution is -2.40. The zero-order valence-corrected chi connectivity index (χ0v) is 23.0. The van der Waals surface area contributed by atoms with Gasteiger partial charge in [-0.1, -0.05) is 17.7 Å². The van der Waals surface area contributed by atoms with Gasteiger partial charge in [0.25, 0.3) is 10.0 Å². The van der Waals surface area contributed by atoms with Crippen LogP contribution in [-0.4, -0.2) is 56.4 Å². The molecule has 0 fully saturated rings. The van der Waals surface area contributed by atoms with E-state index in [9.17, 15) is 13.2 Å². The van der Waals surface area contributed by atoms with Crippen molar-refractivity contribution in [2.75, 3.05) is 46.4 Å². The molecule has 11 heteroatoms. The van der Waals surface area contributed by atoms with Gasteiger partial charge in [-0.25, -0.2) is 8.42 Å². The van der Waals surface area contributed by atoms with Crippen molar-refractivity contribution >= 4 is 21.6 Å². The van der Waals surface area contributed by atoms with Crippen LogP contribution in [0.15, 0.2) is 59.5 Å². The van der Waals surface area contributed by atoms with Gasteiger partial charge < -0.3 is 29.0 Å². The summed E-state index contributed by atoms with van der Waals surface area (Å²) in [6.45, 7) is 1.43. The Morgan fingerprint density at radius 3 is 1.92 bits per heavy atom. The Bertz CT molecular complexity index is 1350. The van der Waals surface area contributed by atoms with Crippen molar-refractivity contribution in [1.29, 1.82) is 0 Å². The van der Waals surface area contributed by atoms with E-state index >= 15 is 0 Å². The molecule has 1 N–H and O–H groups in total. The number of nitrogens with one attached hydrogen (secondary N) is 1. The standard InChI is InChI=1S/C27H32N2O8S/c1-18-7-10-21(11-8-18)38(31,32)29(22-15-20(33-2)9-12-23(22)34-3)17-26(30)28-16-19-13-24(35-4)27(37-6)25(14-19)36-5/h7-15H,16-17H2,1-6H3,(H,28,30). The molecule has 0 spiro atoms. The molecule has 3 aromatic rings. The number of hydrogen-bond acceptors (Lipinski definition) is 8. The highest BCUT2D eigenvalue weighted by Gasteiger charge is 2.30. The first-order valence-corrected chi connectivity index (χ1v) is 13.0. The molecular formula is C27H32N2O8S. The van der Waals surface area contributed by atoms with Crippen molar-refractivity contribution in [1.82, 2.24) is 5.32 Å². The van der Waals surface area contributed by atoms with E-state index in [0.717, 1.165) is 9.87 Å². The quantitative estimate of drug-likeness (QED) is 0.368. The molecule has 0 aliphatic heterocycles. The monoisotopic (exact) mass is 544 g/mol. The molecule has 0 bridgehead atoms. The van der Waals surface area contributed by atoms with E-state index in [0.29, 0.717) is 28.6 Å². The molecule has 3 rings (SSSR count). The predicted molar refractivity (Wildman–Crippen MR) is 143 cm³/mol. The first-order chi connectivity index (χ1) is 18.2. The summed E-state index contributed by atoms with van der Waals surface area (Å²) < 4.78 is 55.3. The van der Waals surface area contributed by atoms with Gasteiger partial charge in [0.15, 0.2) is 11.5 Å². The Hall–Kier alpha value is -4.12. The summed E-state index contributed by atoms with van der Waals surface area (Å²) in [6, 6.07) is 14.5. The Morgan fingerprint density at radius 1 is 0.789 bits per heavy atom. The average molecular weight is 545 g/mol. The number of nitrogens with zero attached hydrogens (tertiary/aromatic N) is 1. The normalized spacial score (nSPS) is 10.9. The topological polar surface area (TPSA) is 113 Å². The molecule has 3 aromatic carbocycles. The molecule has 0 radical (unpaired) electrons. The highest BCUT2D eigenvalue weighted by Crippen LogP contribution is 2.38. The van der Waals surface area contributed by atoms with E-state index in [1.54, 1.807) is 36.4 Å². The van der Waals surface area contributed by atoms with Crippen LogP contribution in [-0.2, 0) is 21.4 Å². The molecule has 0 aliphatic rings. The third kappa shape index (κ3) is 6.23. The van der Waals surface area contributed by atoms with Crippen LogP contribution in [0, 0.1) is 6.92 Å². The highest BCUT2D eigenvalue weighted by molar-refractivity contribution is 7.92. The van der Waals surface area contributed by atoms with Gasteiger partial charge in [-0.05, 0) is 48.9 Å². The first-order valence-electron chi connectivity index (χ1n) is 11.6. The molecule has 1 amide bonds. The predicted octanol–water partition coefficient (Wildman–Crippen LogP) is 3.55. The fraction of sp³-hybridized carbons (Fsp3) is 0.296. The van der Waals surface area contributed by atoms with Crippen molar-refractivity contribution in [3.8, 4) is 28.7 Å². The number of benzene rings is 3. The van der Waals surface area contributed by atoms with E-state index in [1.165, 1.54) is 53.7 Å². The summed E-state index contributed by atoms with van der Waals surface area (Å²) in [4.78, 5) is 13.2. The van der Waals surface area contributed by atoms with Crippen molar-refractivity contribution in [2.45, 2.75) is 18.4 Å². The van der Waals surface area contributed by atoms with Crippen LogP contribution in [0.25, 0.3) is 0 Å². The number of anilines is 1. The van der Waals surface area contributed by atoms with Crippen molar-refractivity contribution in [3.05, 3.63) is 65.7 Å². The fourth-order valence-electron chi connectivity index (χ4n) is 3.75. The van der Waals surface area contributed by atoms with Gasteiger partial charge in [-0.2, -0.15) is 0 Å². The lowest BCUT2D eigenvalue weighted by atomic mass is 10.1. The van der Waals surface area contributed by atoms with Crippen LogP contribution in [0.1, 0.15) is 11.1 Å². The van der Waals surface area contributed by atoms with Crippen LogP contribution in [0.5, 0.6) is 28.7 Å². The lowest BCUT2D eigenvalue weighted by molar-refractivity contribution is -0.119. The second kappa shape index (κ2) is 12.4. The van der Waals surface area contributed by atoms with Gasteiger partial charge in [0.2, 0.25) is 11.7 Å². The molecule has 0 atom stereocenters. The number of hydrogen-bond donors (Lipinski definition) is 1. The SMILES string of the molecule is COc1ccc(OC)c(N(CC(=O)NCc2cc(OC)c(OC)c(OC)c2)S(=O)(=O)c2ccc(C)cc2)c1. The maximum atomic E-state index is 13.8. The van der Waals surface area contributed by atoms with Gasteiger partial charge in [-0.3, -0.25) is 9.10 Å². The van der Waals surface area contributed by atoms with Gasteiger partial charge in [0.1, 0.15) is 18.0 Å². The van der Waals surface area contributed by atoms with Crippen LogP contribution in [0.4, 0.5) is 5.69 Å². The van der Waals surface area contributed by atoms with Crippen LogP contribution >= 0.6 is 0 Å². The van der Waals surface area contributed by atoms with Gasteiger partial charge in [0.05, 0.1) is 46.1 Å². The maximum absolute atomic E-state index is 13.8. The van der Waals surface area contributed by atoms with E-state index in [2.05, 4.69) is 5.32 Å². The largest absolute Gasteiger partial charge is 0.497 e. The highest BCUT2D eigenvalue weighted by atomic mass is 32.2. The number of amides is 1. The summed E-state index contributed by atoms with van der Waals surface area (Å²) in [6.07, 6.45) is 0. The summed E-state index contributed by atoms with van der Waals surface area (Å²) in [7, 11) is 3.22. The average Bonchev–Trinajstić information content (AvgIpc) is 2.93. The minimum Gasteiger partial charge on any atom is -0.497 e. The number of sulfonamides is 1. The third-order valence-corrected chi connectivity index (χ3v) is 7.54.